The van der Waals surface area contributed by atoms with Crippen molar-refractivity contribution in [1.29, 1.82) is 0 Å². The zero-order valence-electron chi connectivity index (χ0n) is 18.0. The molecule has 1 N–H and O–H groups in total. The Morgan fingerprint density at radius 1 is 1.03 bits per heavy atom. The molecule has 0 fully saturated rings. The van der Waals surface area contributed by atoms with E-state index in [0.717, 1.165) is 33.7 Å². The Morgan fingerprint density at radius 3 is 2.50 bits per heavy atom. The van der Waals surface area contributed by atoms with E-state index in [9.17, 15) is 14.9 Å². The topological polar surface area (TPSA) is 89.5 Å². The summed E-state index contributed by atoms with van der Waals surface area (Å²) in [5, 5.41) is 14.1. The molecule has 4 aromatic rings. The maximum Gasteiger partial charge on any atom is 0.270 e. The molecular weight excluding hydrogens is 404 g/mol. The highest BCUT2D eigenvalue weighted by Crippen LogP contribution is 2.29. The van der Waals surface area contributed by atoms with Crippen LogP contribution in [-0.2, 0) is 11.2 Å². The third kappa shape index (κ3) is 4.51. The minimum Gasteiger partial charge on any atom is -0.354 e. The highest BCUT2D eigenvalue weighted by atomic mass is 16.6. The maximum atomic E-state index is 12.3. The van der Waals surface area contributed by atoms with Crippen LogP contribution < -0.4 is 5.32 Å². The Hall–Kier alpha value is -4.00. The van der Waals surface area contributed by atoms with E-state index in [0.29, 0.717) is 12.8 Å². The number of non-ortho nitro benzene ring substituents is 1. The van der Waals surface area contributed by atoms with Crippen LogP contribution in [0, 0.1) is 10.1 Å². The standard InChI is InChI=1S/C25H24N4O3/c1-17(2)26-24(30)14-12-22-25(18-7-4-3-5-8-18)27-23-13-11-20(16-28(22)23)19-9-6-10-21(15-19)29(31)32/h3-11,13,15-17H,12,14H2,1-2H3,(H,26,30). The Kier molecular flexibility index (Phi) is 5.98. The average Bonchev–Trinajstić information content (AvgIpc) is 3.15. The Morgan fingerprint density at radius 2 is 1.78 bits per heavy atom. The number of pyridine rings is 1. The number of aryl methyl sites for hydroxylation is 1. The summed E-state index contributed by atoms with van der Waals surface area (Å²) < 4.78 is 1.99. The van der Waals surface area contributed by atoms with Crippen LogP contribution in [0.1, 0.15) is 26.0 Å². The molecule has 0 aliphatic carbocycles. The molecule has 7 heteroatoms. The normalized spacial score (nSPS) is 11.1. The lowest BCUT2D eigenvalue weighted by Crippen LogP contribution is -2.30. The first kappa shape index (κ1) is 21.2. The van der Waals surface area contributed by atoms with Crippen LogP contribution in [0.2, 0.25) is 0 Å². The van der Waals surface area contributed by atoms with Gasteiger partial charge in [-0.05, 0) is 43.5 Å². The number of nitro benzene ring substituents is 1. The molecule has 0 atom stereocenters. The van der Waals surface area contributed by atoms with Gasteiger partial charge >= 0.3 is 0 Å². The third-order valence-corrected chi connectivity index (χ3v) is 5.19. The first-order valence-electron chi connectivity index (χ1n) is 10.5. The molecule has 2 heterocycles. The number of nitrogens with zero attached hydrogens (tertiary/aromatic N) is 3. The fraction of sp³-hybridized carbons (Fsp3) is 0.200. The first-order valence-corrected chi connectivity index (χ1v) is 10.5. The van der Waals surface area contributed by atoms with E-state index in [1.807, 2.05) is 73.0 Å². The number of nitro groups is 1. The molecule has 0 saturated carbocycles. The molecule has 1 amide bonds. The van der Waals surface area contributed by atoms with E-state index in [4.69, 9.17) is 4.98 Å². The smallest absolute Gasteiger partial charge is 0.270 e. The summed E-state index contributed by atoms with van der Waals surface area (Å²) in [5.41, 5.74) is 5.13. The predicted molar refractivity (Wildman–Crippen MR) is 124 cm³/mol. The van der Waals surface area contributed by atoms with E-state index >= 15 is 0 Å². The highest BCUT2D eigenvalue weighted by molar-refractivity contribution is 5.77. The van der Waals surface area contributed by atoms with Crippen LogP contribution in [0.5, 0.6) is 0 Å². The molecule has 32 heavy (non-hydrogen) atoms. The molecule has 2 aromatic carbocycles. The van der Waals surface area contributed by atoms with E-state index in [1.54, 1.807) is 12.1 Å². The van der Waals surface area contributed by atoms with Crippen LogP contribution in [-0.4, -0.2) is 26.3 Å². The van der Waals surface area contributed by atoms with Crippen LogP contribution in [0.15, 0.2) is 72.9 Å². The van der Waals surface area contributed by atoms with Gasteiger partial charge in [0.15, 0.2) is 0 Å². The molecule has 4 rings (SSSR count). The summed E-state index contributed by atoms with van der Waals surface area (Å²) in [6, 6.07) is 20.3. The van der Waals surface area contributed by atoms with Crippen molar-refractivity contribution in [2.45, 2.75) is 32.7 Å². The number of benzene rings is 2. The van der Waals surface area contributed by atoms with Crippen molar-refractivity contribution in [2.24, 2.45) is 0 Å². The number of rotatable bonds is 7. The van der Waals surface area contributed by atoms with E-state index < -0.39 is 4.92 Å². The van der Waals surface area contributed by atoms with E-state index in [-0.39, 0.29) is 17.6 Å². The monoisotopic (exact) mass is 428 g/mol. The van der Waals surface area contributed by atoms with Crippen molar-refractivity contribution in [1.82, 2.24) is 14.7 Å². The number of hydrogen-bond acceptors (Lipinski definition) is 4. The molecule has 0 saturated heterocycles. The van der Waals surface area contributed by atoms with Crippen molar-refractivity contribution in [3.05, 3.63) is 88.7 Å². The lowest BCUT2D eigenvalue weighted by molar-refractivity contribution is -0.384. The predicted octanol–water partition coefficient (Wildman–Crippen LogP) is 5.03. The van der Waals surface area contributed by atoms with Gasteiger partial charge in [-0.15, -0.1) is 0 Å². The van der Waals surface area contributed by atoms with Crippen molar-refractivity contribution in [3.63, 3.8) is 0 Å². The lowest BCUT2D eigenvalue weighted by Gasteiger charge is -2.10. The van der Waals surface area contributed by atoms with Gasteiger partial charge < -0.3 is 9.72 Å². The zero-order chi connectivity index (χ0) is 22.7. The van der Waals surface area contributed by atoms with E-state index in [2.05, 4.69) is 5.32 Å². The summed E-state index contributed by atoms with van der Waals surface area (Å²) in [6.07, 6.45) is 2.79. The van der Waals surface area contributed by atoms with Crippen LogP contribution in [0.3, 0.4) is 0 Å². The molecule has 0 unspecified atom stereocenters. The highest BCUT2D eigenvalue weighted by Gasteiger charge is 2.17. The third-order valence-electron chi connectivity index (χ3n) is 5.19. The van der Waals surface area contributed by atoms with Gasteiger partial charge in [-0.2, -0.15) is 0 Å². The van der Waals surface area contributed by atoms with Crippen molar-refractivity contribution in [2.75, 3.05) is 0 Å². The number of nitrogens with one attached hydrogen (secondary N) is 1. The largest absolute Gasteiger partial charge is 0.354 e. The molecule has 0 aliphatic rings. The molecule has 162 valence electrons. The fourth-order valence-electron chi connectivity index (χ4n) is 3.76. The Balaban J connectivity index is 1.79. The number of aromatic nitrogens is 2. The summed E-state index contributed by atoms with van der Waals surface area (Å²) >= 11 is 0. The Bertz CT molecular complexity index is 1280. The summed E-state index contributed by atoms with van der Waals surface area (Å²) in [7, 11) is 0. The van der Waals surface area contributed by atoms with Crippen molar-refractivity contribution >= 4 is 17.2 Å². The second-order valence-electron chi connectivity index (χ2n) is 7.95. The van der Waals surface area contributed by atoms with Crippen LogP contribution in [0.4, 0.5) is 5.69 Å². The summed E-state index contributed by atoms with van der Waals surface area (Å²) in [5.74, 6) is -0.0104. The van der Waals surface area contributed by atoms with Gasteiger partial charge in [0.1, 0.15) is 5.65 Å². The molecule has 2 aromatic heterocycles. The number of imidazole rings is 1. The van der Waals surface area contributed by atoms with Gasteiger partial charge in [0, 0.05) is 36.4 Å². The van der Waals surface area contributed by atoms with Crippen molar-refractivity contribution in [3.8, 4) is 22.4 Å². The van der Waals surface area contributed by atoms with Gasteiger partial charge in [-0.25, -0.2) is 4.98 Å². The minimum absolute atomic E-state index is 0.0104. The maximum absolute atomic E-state index is 12.3. The molecule has 0 aliphatic heterocycles. The van der Waals surface area contributed by atoms with Gasteiger partial charge in [0.2, 0.25) is 5.91 Å². The fourth-order valence-corrected chi connectivity index (χ4v) is 3.76. The number of fused-ring (bicyclic) bond motifs is 1. The SMILES string of the molecule is CC(C)NC(=O)CCc1c(-c2ccccc2)nc2ccc(-c3cccc([N+](=O)[O-])c3)cn12. The first-order chi connectivity index (χ1) is 15.4. The van der Waals surface area contributed by atoms with Crippen LogP contribution in [0.25, 0.3) is 28.0 Å². The summed E-state index contributed by atoms with van der Waals surface area (Å²) in [6.45, 7) is 3.87. The van der Waals surface area contributed by atoms with E-state index in [1.165, 1.54) is 6.07 Å². The molecule has 7 nitrogen and oxygen atoms in total. The minimum atomic E-state index is -0.397. The molecular formula is C25H24N4O3. The Labute approximate surface area is 185 Å². The van der Waals surface area contributed by atoms with Gasteiger partial charge in [0.25, 0.3) is 5.69 Å². The molecule has 0 radical (unpaired) electrons. The average molecular weight is 428 g/mol. The van der Waals surface area contributed by atoms with Gasteiger partial charge in [-0.1, -0.05) is 42.5 Å². The zero-order valence-corrected chi connectivity index (χ0v) is 18.0. The number of carbonyl (C=O) groups is 1. The second-order valence-corrected chi connectivity index (χ2v) is 7.95. The lowest BCUT2D eigenvalue weighted by atomic mass is 10.1. The quantitative estimate of drug-likeness (QED) is 0.330. The number of amides is 1. The summed E-state index contributed by atoms with van der Waals surface area (Å²) in [4.78, 5) is 27.9. The van der Waals surface area contributed by atoms with Gasteiger partial charge in [0.05, 0.1) is 16.3 Å². The second kappa shape index (κ2) is 9.01. The van der Waals surface area contributed by atoms with Crippen molar-refractivity contribution < 1.29 is 9.72 Å². The molecule has 0 spiro atoms. The van der Waals surface area contributed by atoms with Crippen LogP contribution >= 0.6 is 0 Å². The van der Waals surface area contributed by atoms with Gasteiger partial charge in [-0.3, -0.25) is 14.9 Å². The number of hydrogen-bond donors (Lipinski definition) is 1. The molecule has 0 bridgehead atoms. The number of carbonyl (C=O) groups excluding carboxylic acids is 1.